The zero-order chi connectivity index (χ0) is 85.7. The van der Waals surface area contributed by atoms with E-state index in [-0.39, 0.29) is 21.7 Å². The Morgan fingerprint density at radius 2 is 0.363 bits per heavy atom. The fraction of sp³-hybridized carbons (Fsp3) is 0.136. The first-order valence-corrected chi connectivity index (χ1v) is 44.1. The Hall–Kier alpha value is -14.0. The van der Waals surface area contributed by atoms with E-state index in [0.29, 0.717) is 0 Å². The van der Waals surface area contributed by atoms with Gasteiger partial charge in [0, 0.05) is 76.8 Å². The summed E-state index contributed by atoms with van der Waals surface area (Å²) in [5, 5.41) is 12.4. The van der Waals surface area contributed by atoms with E-state index in [1.165, 1.54) is 141 Å². The van der Waals surface area contributed by atoms with Crippen molar-refractivity contribution < 1.29 is 0 Å². The van der Waals surface area contributed by atoms with Crippen molar-refractivity contribution in [3.63, 3.8) is 0 Å². The maximum absolute atomic E-state index is 2.43. The molecule has 6 heteroatoms. The van der Waals surface area contributed by atoms with Gasteiger partial charge in [-0.3, -0.25) is 0 Å². The van der Waals surface area contributed by atoms with Crippen LogP contribution in [0.5, 0.6) is 0 Å². The SMILES string of the molecule is CC(C)(C)c1ccc(-n2c3ccccc3c3ccccc3c3ccccc3c3ccccc32)cc1.CC(C)(C)c1ccc(-n2c3ccccc3c3ccccc3n(-c3ccccc3)c3ccccc32)cc1.CC(C)(C)c1ccc(-n2c3ccccc3sc3ccccc3c3ccccc32)cc1.CC(C)(C)c1ccc(N(c2ccccc2)c2ccccc2)cc1. The molecule has 0 saturated carbocycles. The molecule has 124 heavy (non-hydrogen) atoms. The van der Waals surface area contributed by atoms with E-state index in [9.17, 15) is 0 Å². The molecule has 20 aromatic rings. The van der Waals surface area contributed by atoms with Crippen LogP contribution in [0, 0.1) is 0 Å². The molecule has 0 saturated heterocycles. The highest BCUT2D eigenvalue weighted by atomic mass is 32.1. The summed E-state index contributed by atoms with van der Waals surface area (Å²) in [6.07, 6.45) is 0. The van der Waals surface area contributed by atoms with Gasteiger partial charge in [-0.25, -0.2) is 0 Å². The molecule has 0 aliphatic heterocycles. The van der Waals surface area contributed by atoms with Crippen molar-refractivity contribution >= 4 is 136 Å². The van der Waals surface area contributed by atoms with Gasteiger partial charge in [0.05, 0.1) is 48.8 Å². The number of hydrogen-bond acceptors (Lipinski definition) is 2. The largest absolute Gasteiger partial charge is 0.311 e. The molecule has 0 N–H and O–H groups in total. The number of benzene rings is 17. The Bertz CT molecular complexity index is 7260. The van der Waals surface area contributed by atoms with Crippen molar-refractivity contribution in [3.05, 3.63) is 453 Å². The molecule has 610 valence electrons. The van der Waals surface area contributed by atoms with Gasteiger partial charge in [0.1, 0.15) is 0 Å². The standard InChI is InChI=1S/C34H30N2.C34H29N.C28H25NS.C22H23N/c1-34(2,3)25-21-23-27(24-22-25)36-31-18-10-8-16-29(31)28-15-7-9-17-30(28)35(26-13-5-4-6-14-26)32-19-11-12-20-33(32)36;1-34(2,3)24-20-22-25(23-21-24)35-32-18-10-8-16-30(32)28-14-6-4-12-26(28)27-13-5-7-15-29(27)31-17-9-11-19-33(31)35;1-28(2,3)20-16-18-21(19-17-20)29-24-12-6-4-10-22(24)23-11-5-8-14-26(23)30-27-15-9-7-13-25(27)29;1-22(2,3)18-14-16-21(17-15-18)23(19-10-6-4-7-11-19)20-12-8-5-9-13-20/h4-24H,1-3H3;4-23H,1-3H3;4-19H,1-3H3;4-17H,1-3H3. The lowest BCUT2D eigenvalue weighted by atomic mass is 9.87. The number of para-hydroxylation sites is 11. The molecule has 0 radical (unpaired) electrons. The number of nitrogens with zero attached hydrogens (tertiary/aromatic N) is 5. The molecular weight excluding hydrogens is 1520 g/mol. The van der Waals surface area contributed by atoms with Gasteiger partial charge < -0.3 is 23.2 Å². The molecule has 0 aliphatic rings. The quantitative estimate of drug-likeness (QED) is 0.156. The molecule has 0 spiro atoms. The Balaban J connectivity index is 0.000000119. The van der Waals surface area contributed by atoms with E-state index in [1.54, 1.807) is 0 Å². The predicted molar refractivity (Wildman–Crippen MR) is 538 cm³/mol. The number of aromatic nitrogens is 4. The molecule has 0 fully saturated rings. The predicted octanol–water partition coefficient (Wildman–Crippen LogP) is 33.5. The molecule has 0 atom stereocenters. The maximum Gasteiger partial charge on any atom is 0.0702 e. The van der Waals surface area contributed by atoms with Crippen LogP contribution in [0.2, 0.25) is 0 Å². The lowest BCUT2D eigenvalue weighted by molar-refractivity contribution is 0.590. The fourth-order valence-corrected chi connectivity index (χ4v) is 18.2. The zero-order valence-electron chi connectivity index (χ0n) is 73.1. The van der Waals surface area contributed by atoms with Gasteiger partial charge in [-0.05, 0) is 211 Å². The van der Waals surface area contributed by atoms with Gasteiger partial charge in [-0.2, -0.15) is 0 Å². The third-order valence-corrected chi connectivity index (χ3v) is 24.8. The number of anilines is 3. The summed E-state index contributed by atoms with van der Waals surface area (Å²) in [4.78, 5) is 2.28. The summed E-state index contributed by atoms with van der Waals surface area (Å²) in [5.74, 6) is 0. The van der Waals surface area contributed by atoms with E-state index < -0.39 is 0 Å². The number of hydrogen-bond donors (Lipinski definition) is 0. The van der Waals surface area contributed by atoms with Gasteiger partial charge in [-0.15, -0.1) is 11.3 Å². The lowest BCUT2D eigenvalue weighted by Crippen LogP contribution is -2.13. The van der Waals surface area contributed by atoms with Gasteiger partial charge >= 0.3 is 0 Å². The average molecular weight is 1630 g/mol. The highest BCUT2D eigenvalue weighted by molar-refractivity contribution is 7.24. The second-order valence-corrected chi connectivity index (χ2v) is 37.2. The summed E-state index contributed by atoms with van der Waals surface area (Å²) < 4.78 is 12.2. The summed E-state index contributed by atoms with van der Waals surface area (Å²) >= 11 is 1.84. The molecule has 0 bridgehead atoms. The molecule has 3 aromatic heterocycles. The first kappa shape index (κ1) is 82.3. The van der Waals surface area contributed by atoms with Gasteiger partial charge in [0.2, 0.25) is 0 Å². The second kappa shape index (κ2) is 35.2. The van der Waals surface area contributed by atoms with Crippen LogP contribution >= 0.6 is 11.3 Å². The third-order valence-electron chi connectivity index (χ3n) is 23.6. The van der Waals surface area contributed by atoms with E-state index in [1.807, 2.05) is 11.3 Å². The normalized spacial score (nSPS) is 11.7. The van der Waals surface area contributed by atoms with E-state index in [2.05, 4.69) is 537 Å². The fourth-order valence-electron chi connectivity index (χ4n) is 17.1. The van der Waals surface area contributed by atoms with Gasteiger partial charge in [0.15, 0.2) is 0 Å². The third kappa shape index (κ3) is 17.2. The first-order valence-electron chi connectivity index (χ1n) is 43.3. The lowest BCUT2D eigenvalue weighted by Gasteiger charge is -2.26. The van der Waals surface area contributed by atoms with Crippen LogP contribution in [0.15, 0.2) is 431 Å². The highest BCUT2D eigenvalue weighted by Gasteiger charge is 2.22. The molecule has 0 aliphatic carbocycles. The van der Waals surface area contributed by atoms with Crippen molar-refractivity contribution in [2.45, 2.75) is 105 Å². The molecule has 5 nitrogen and oxygen atoms in total. The summed E-state index contributed by atoms with van der Waals surface area (Å²) in [6.45, 7) is 27.1. The van der Waals surface area contributed by atoms with Gasteiger partial charge in [-0.1, -0.05) is 368 Å². The minimum Gasteiger partial charge on any atom is -0.311 e. The van der Waals surface area contributed by atoms with Crippen molar-refractivity contribution in [2.75, 3.05) is 4.90 Å². The average Bonchev–Trinajstić information content (AvgIpc) is 1.06. The van der Waals surface area contributed by atoms with Crippen LogP contribution in [0.4, 0.5) is 17.1 Å². The molecule has 20 rings (SSSR count). The van der Waals surface area contributed by atoms with Crippen molar-refractivity contribution in [1.82, 2.24) is 18.3 Å². The first-order chi connectivity index (χ1) is 60.1. The van der Waals surface area contributed by atoms with Crippen molar-refractivity contribution in [1.29, 1.82) is 0 Å². The van der Waals surface area contributed by atoms with Crippen molar-refractivity contribution in [3.8, 4) is 22.7 Å². The van der Waals surface area contributed by atoms with Gasteiger partial charge in [0.25, 0.3) is 0 Å². The summed E-state index contributed by atoms with van der Waals surface area (Å²) in [7, 11) is 0. The monoisotopic (exact) mass is 1630 g/mol. The molecule has 0 unspecified atom stereocenters. The Morgan fingerprint density at radius 1 is 0.161 bits per heavy atom. The Labute approximate surface area is 734 Å². The van der Waals surface area contributed by atoms with Crippen LogP contribution in [0.3, 0.4) is 0 Å². The van der Waals surface area contributed by atoms with Crippen LogP contribution < -0.4 is 4.90 Å². The number of rotatable bonds is 7. The smallest absolute Gasteiger partial charge is 0.0702 e. The molecule has 17 aromatic carbocycles. The molecule has 0 amide bonds. The zero-order valence-corrected chi connectivity index (χ0v) is 74.0. The van der Waals surface area contributed by atoms with E-state index in [0.717, 1.165) is 28.1 Å². The summed E-state index contributed by atoms with van der Waals surface area (Å²) in [6, 6.07) is 155. The van der Waals surface area contributed by atoms with Crippen LogP contribution in [-0.4, -0.2) is 18.3 Å². The Morgan fingerprint density at radius 3 is 0.694 bits per heavy atom. The second-order valence-electron chi connectivity index (χ2n) is 36.1. The maximum atomic E-state index is 2.43. The van der Waals surface area contributed by atoms with Crippen molar-refractivity contribution in [2.24, 2.45) is 0 Å². The van der Waals surface area contributed by atoms with Crippen LogP contribution in [0.25, 0.3) is 130 Å². The topological polar surface area (TPSA) is 23.0 Å². The van der Waals surface area contributed by atoms with Crippen LogP contribution in [0.1, 0.15) is 105 Å². The molecule has 3 heterocycles. The minimum atomic E-state index is 0.105. The van der Waals surface area contributed by atoms with E-state index in [4.69, 9.17) is 0 Å². The van der Waals surface area contributed by atoms with Crippen LogP contribution in [-0.2, 0) is 21.7 Å². The minimum absolute atomic E-state index is 0.105. The number of fused-ring (bicyclic) bond motifs is 15. The summed E-state index contributed by atoms with van der Waals surface area (Å²) in [5.41, 5.74) is 23.5. The van der Waals surface area contributed by atoms with E-state index >= 15 is 0 Å². The highest BCUT2D eigenvalue weighted by Crippen LogP contribution is 2.41. The molecular formula is C118H107N5S. The Kier molecular flexibility index (Phi) is 23.4.